The van der Waals surface area contributed by atoms with E-state index in [4.69, 9.17) is 16.3 Å². The number of carbonyl (C=O) groups excluding carboxylic acids is 1. The van der Waals surface area contributed by atoms with Crippen LogP contribution in [0.4, 0.5) is 0 Å². The van der Waals surface area contributed by atoms with Crippen LogP contribution < -0.4 is 0 Å². The number of methoxy groups -OCH3 is 1. The van der Waals surface area contributed by atoms with Gasteiger partial charge in [-0.3, -0.25) is 4.79 Å². The summed E-state index contributed by atoms with van der Waals surface area (Å²) in [4.78, 5) is 13.7. The molecule has 2 nitrogen and oxygen atoms in total. The van der Waals surface area contributed by atoms with Gasteiger partial charge in [0, 0.05) is 0 Å². The average molecular weight is 353 g/mol. The van der Waals surface area contributed by atoms with Gasteiger partial charge in [-0.05, 0) is 107 Å². The van der Waals surface area contributed by atoms with E-state index in [0.29, 0.717) is 11.8 Å². The highest BCUT2D eigenvalue weighted by Crippen LogP contribution is 3.05. The predicted molar refractivity (Wildman–Crippen MR) is 85.9 cm³/mol. The number of rotatable bonds is 1. The third-order valence-corrected chi connectivity index (χ3v) is 14.8. The van der Waals surface area contributed by atoms with Crippen molar-refractivity contribution in [2.45, 2.75) is 4.87 Å². The normalized spacial score (nSPS) is 94.5. The highest BCUT2D eigenvalue weighted by Gasteiger charge is 3.05. The minimum absolute atomic E-state index is 0.0277. The Morgan fingerprint density at radius 3 is 1.52 bits per heavy atom. The number of halogens is 1. The van der Waals surface area contributed by atoms with Gasteiger partial charge < -0.3 is 4.74 Å². The minimum Gasteiger partial charge on any atom is -0.469 e. The lowest BCUT2D eigenvalue weighted by Crippen LogP contribution is -2.45. The van der Waals surface area contributed by atoms with Crippen LogP contribution in [0.1, 0.15) is 0 Å². The zero-order chi connectivity index (χ0) is 15.7. The second-order valence-corrected chi connectivity index (χ2v) is 13.0. The Balaban J connectivity index is 1.40. The molecule has 0 amide bonds. The van der Waals surface area contributed by atoms with Gasteiger partial charge in [0.2, 0.25) is 0 Å². The van der Waals surface area contributed by atoms with Crippen molar-refractivity contribution in [3.8, 4) is 0 Å². The molecule has 12 rings (SSSR count). The first-order valence-corrected chi connectivity index (χ1v) is 11.4. The van der Waals surface area contributed by atoms with Crippen LogP contribution in [0, 0.1) is 112 Å². The molecule has 0 aromatic rings. The molecule has 0 aliphatic heterocycles. The van der Waals surface area contributed by atoms with E-state index in [1.807, 2.05) is 0 Å². The summed E-state index contributed by atoms with van der Waals surface area (Å²) in [5.74, 6) is 16.0. The highest BCUT2D eigenvalue weighted by atomic mass is 35.5. The van der Waals surface area contributed by atoms with Crippen molar-refractivity contribution in [1.29, 1.82) is 0 Å². The number of carbonyl (C=O) groups is 1. The number of hydrogen-bond acceptors (Lipinski definition) is 2. The first-order valence-electron chi connectivity index (χ1n) is 11.0. The zero-order valence-electron chi connectivity index (χ0n) is 14.1. The molecule has 0 spiro atoms. The fraction of sp³-hybridized carbons (Fsp3) is 0.955. The molecule has 0 N–H and O–H groups in total. The fourth-order valence-electron chi connectivity index (χ4n) is 16.0. The summed E-state index contributed by atoms with van der Waals surface area (Å²) in [5.41, 5.74) is -0.0277. The number of alkyl halides is 1. The van der Waals surface area contributed by atoms with Crippen molar-refractivity contribution >= 4 is 17.6 Å². The standard InChI is InChI=1S/C22H21ClO2/c1-25-20(24)21-14-4-2-3-5(14)9-11-7(3)17-6(2)10-8(4)15(21)12-13(16(9)21)19(11)22(17,23)18(10)12/h2-19H,1H3. The third-order valence-electron chi connectivity index (χ3n) is 14.0. The van der Waals surface area contributed by atoms with E-state index in [2.05, 4.69) is 0 Å². The van der Waals surface area contributed by atoms with Gasteiger partial charge in [0.05, 0.1) is 17.4 Å². The molecule has 12 fully saturated rings. The van der Waals surface area contributed by atoms with Crippen molar-refractivity contribution in [1.82, 2.24) is 0 Å². The van der Waals surface area contributed by atoms with Crippen molar-refractivity contribution in [3.05, 3.63) is 0 Å². The molecular formula is C22H21ClO2. The molecule has 12 aliphatic carbocycles. The van der Waals surface area contributed by atoms with Gasteiger partial charge in [0.1, 0.15) is 0 Å². The molecule has 0 heterocycles. The molecule has 0 aromatic carbocycles. The molecular weight excluding hydrogens is 332 g/mol. The van der Waals surface area contributed by atoms with Crippen LogP contribution in [0.15, 0.2) is 0 Å². The van der Waals surface area contributed by atoms with Crippen LogP contribution in [0.2, 0.25) is 0 Å². The van der Waals surface area contributed by atoms with Crippen molar-refractivity contribution in [2.75, 3.05) is 7.11 Å². The topological polar surface area (TPSA) is 26.3 Å². The average Bonchev–Trinajstić information content (AvgIpc) is 3.30. The lowest BCUT2D eigenvalue weighted by molar-refractivity contribution is -0.160. The van der Waals surface area contributed by atoms with Crippen LogP contribution >= 0.6 is 11.6 Å². The van der Waals surface area contributed by atoms with Crippen molar-refractivity contribution in [3.63, 3.8) is 0 Å². The zero-order valence-corrected chi connectivity index (χ0v) is 14.8. The highest BCUT2D eigenvalue weighted by molar-refractivity contribution is 6.25. The Morgan fingerprint density at radius 1 is 0.640 bits per heavy atom. The van der Waals surface area contributed by atoms with Gasteiger partial charge in [0.25, 0.3) is 0 Å². The van der Waals surface area contributed by atoms with E-state index in [1.54, 1.807) is 7.11 Å². The van der Waals surface area contributed by atoms with E-state index < -0.39 is 0 Å². The first kappa shape index (κ1) is 11.6. The van der Waals surface area contributed by atoms with Crippen LogP contribution in [0.3, 0.4) is 0 Å². The lowest BCUT2D eigenvalue weighted by Gasteiger charge is -2.39. The summed E-state index contributed by atoms with van der Waals surface area (Å²) in [5, 5.41) is 0. The molecule has 12 aliphatic rings. The SMILES string of the molecule is COC(=O)C12C3C4C5C6C7C8C(C63)C1C1C3C6C(C5C7C6(Cl)C81)C4C32. The predicted octanol–water partition coefficient (Wildman–Crippen LogP) is 2.36. The summed E-state index contributed by atoms with van der Waals surface area (Å²) in [6.07, 6.45) is 0. The van der Waals surface area contributed by atoms with Gasteiger partial charge in [-0.1, -0.05) is 0 Å². The van der Waals surface area contributed by atoms with Gasteiger partial charge in [-0.25, -0.2) is 0 Å². The summed E-state index contributed by atoms with van der Waals surface area (Å²) in [6, 6.07) is 0. The number of hydrogen-bond donors (Lipinski definition) is 0. The van der Waals surface area contributed by atoms with Gasteiger partial charge >= 0.3 is 5.97 Å². The number of esters is 1. The second kappa shape index (κ2) is 2.53. The smallest absolute Gasteiger partial charge is 0.312 e. The molecule has 128 valence electrons. The fourth-order valence-corrected chi connectivity index (χ4v) is 16.8. The van der Waals surface area contributed by atoms with E-state index in [9.17, 15) is 4.79 Å². The van der Waals surface area contributed by atoms with Crippen molar-refractivity contribution in [2.24, 2.45) is 112 Å². The molecule has 12 saturated carbocycles. The maximum atomic E-state index is 13.5. The summed E-state index contributed by atoms with van der Waals surface area (Å²) in [6.45, 7) is 0. The molecule has 16 unspecified atom stereocenters. The van der Waals surface area contributed by atoms with E-state index in [-0.39, 0.29) is 16.3 Å². The van der Waals surface area contributed by atoms with E-state index in [1.165, 1.54) is 0 Å². The Bertz CT molecular complexity index is 856. The Morgan fingerprint density at radius 2 is 1.00 bits per heavy atom. The quantitative estimate of drug-likeness (QED) is 0.535. The Labute approximate surface area is 151 Å². The monoisotopic (exact) mass is 352 g/mol. The van der Waals surface area contributed by atoms with Gasteiger partial charge in [-0.2, -0.15) is 0 Å². The molecule has 0 aromatic heterocycles. The van der Waals surface area contributed by atoms with Crippen LogP contribution in [0.25, 0.3) is 0 Å². The molecule has 0 radical (unpaired) electrons. The maximum Gasteiger partial charge on any atom is 0.312 e. The molecule has 16 atom stereocenters. The van der Waals surface area contributed by atoms with Crippen LogP contribution in [0.5, 0.6) is 0 Å². The molecule has 3 heteroatoms. The Kier molecular flexibility index (Phi) is 1.17. The van der Waals surface area contributed by atoms with Gasteiger partial charge in [0.15, 0.2) is 0 Å². The maximum absolute atomic E-state index is 13.5. The van der Waals surface area contributed by atoms with E-state index in [0.717, 1.165) is 94.7 Å². The number of ether oxygens (including phenoxy) is 1. The largest absolute Gasteiger partial charge is 0.469 e. The minimum atomic E-state index is -0.0277. The van der Waals surface area contributed by atoms with Crippen molar-refractivity contribution < 1.29 is 9.53 Å². The first-order chi connectivity index (χ1) is 12.2. The Hall–Kier alpha value is -0.240. The van der Waals surface area contributed by atoms with Crippen LogP contribution in [-0.2, 0) is 9.53 Å². The van der Waals surface area contributed by atoms with E-state index >= 15 is 0 Å². The summed E-state index contributed by atoms with van der Waals surface area (Å²) < 4.78 is 5.64. The van der Waals surface area contributed by atoms with Gasteiger partial charge in [-0.15, -0.1) is 11.6 Å². The summed E-state index contributed by atoms with van der Waals surface area (Å²) in [7, 11) is 1.68. The molecule has 25 heavy (non-hydrogen) atoms. The molecule has 0 bridgehead atoms. The van der Waals surface area contributed by atoms with Crippen LogP contribution in [-0.4, -0.2) is 18.0 Å². The molecule has 0 saturated heterocycles. The lowest BCUT2D eigenvalue weighted by atomic mass is 9.66. The second-order valence-electron chi connectivity index (χ2n) is 12.3. The third kappa shape index (κ3) is 0.576. The summed E-state index contributed by atoms with van der Waals surface area (Å²) >= 11 is 7.79.